The van der Waals surface area contributed by atoms with Gasteiger partial charge >= 0.3 is 6.09 Å². The van der Waals surface area contributed by atoms with Crippen LogP contribution in [0.2, 0.25) is 0 Å². The lowest BCUT2D eigenvalue weighted by atomic mass is 10.0. The van der Waals surface area contributed by atoms with E-state index in [4.69, 9.17) is 4.74 Å². The number of rotatable bonds is 5. The standard InChI is InChI=1S/C19H19F2N3O4/c20-14-2-1-13(18(21)11-14)12-23(15-7-9-22-10-8-15)19(25)28-17-5-3-16(4-6-17)24(26)27/h1-6,11,15,22H,7-10,12H2. The number of nitrogens with zero attached hydrogens (tertiary/aromatic N) is 2. The summed E-state index contributed by atoms with van der Waals surface area (Å²) in [6, 6.07) is 8.17. The Labute approximate surface area is 160 Å². The van der Waals surface area contributed by atoms with E-state index in [-0.39, 0.29) is 29.6 Å². The number of nitrogens with one attached hydrogen (secondary N) is 1. The minimum absolute atomic E-state index is 0.0669. The van der Waals surface area contributed by atoms with Crippen LogP contribution in [0.1, 0.15) is 18.4 Å². The van der Waals surface area contributed by atoms with Crippen molar-refractivity contribution in [2.24, 2.45) is 0 Å². The number of amides is 1. The summed E-state index contributed by atoms with van der Waals surface area (Å²) < 4.78 is 32.6. The van der Waals surface area contributed by atoms with Crippen molar-refractivity contribution in [2.45, 2.75) is 25.4 Å². The van der Waals surface area contributed by atoms with Crippen LogP contribution >= 0.6 is 0 Å². The highest BCUT2D eigenvalue weighted by Gasteiger charge is 2.28. The summed E-state index contributed by atoms with van der Waals surface area (Å²) in [5, 5.41) is 13.9. The molecule has 1 aliphatic rings. The highest BCUT2D eigenvalue weighted by molar-refractivity contribution is 5.71. The van der Waals surface area contributed by atoms with Crippen LogP contribution in [0.15, 0.2) is 42.5 Å². The van der Waals surface area contributed by atoms with Crippen molar-refractivity contribution in [1.29, 1.82) is 0 Å². The average Bonchev–Trinajstić information content (AvgIpc) is 2.68. The van der Waals surface area contributed by atoms with Crippen molar-refractivity contribution in [3.8, 4) is 5.75 Å². The molecule has 1 N–H and O–H groups in total. The summed E-state index contributed by atoms with van der Waals surface area (Å²) in [5.41, 5.74) is 0.0592. The second kappa shape index (κ2) is 8.75. The van der Waals surface area contributed by atoms with Crippen LogP contribution < -0.4 is 10.1 Å². The number of piperidine rings is 1. The fraction of sp³-hybridized carbons (Fsp3) is 0.316. The molecule has 1 saturated heterocycles. The first-order chi connectivity index (χ1) is 13.4. The maximum absolute atomic E-state index is 14.1. The minimum atomic E-state index is -0.734. The summed E-state index contributed by atoms with van der Waals surface area (Å²) in [7, 11) is 0. The fourth-order valence-electron chi connectivity index (χ4n) is 3.09. The van der Waals surface area contributed by atoms with E-state index in [1.54, 1.807) is 0 Å². The predicted octanol–water partition coefficient (Wildman–Crippen LogP) is 3.63. The van der Waals surface area contributed by atoms with Gasteiger partial charge in [-0.25, -0.2) is 13.6 Å². The Morgan fingerprint density at radius 3 is 2.46 bits per heavy atom. The summed E-state index contributed by atoms with van der Waals surface area (Å²) in [6.07, 6.45) is 0.639. The lowest BCUT2D eigenvalue weighted by Gasteiger charge is -2.34. The number of non-ortho nitro benzene ring substituents is 1. The third kappa shape index (κ3) is 4.80. The number of ether oxygens (including phenoxy) is 1. The van der Waals surface area contributed by atoms with Gasteiger partial charge in [-0.05, 0) is 44.1 Å². The van der Waals surface area contributed by atoms with Crippen molar-refractivity contribution >= 4 is 11.8 Å². The predicted molar refractivity (Wildman–Crippen MR) is 96.9 cm³/mol. The summed E-state index contributed by atoms with van der Waals surface area (Å²) >= 11 is 0. The molecular formula is C19H19F2N3O4. The van der Waals surface area contributed by atoms with Crippen LogP contribution in [-0.2, 0) is 6.54 Å². The Morgan fingerprint density at radius 1 is 1.18 bits per heavy atom. The fourth-order valence-corrected chi connectivity index (χ4v) is 3.09. The van der Waals surface area contributed by atoms with Gasteiger partial charge in [-0.2, -0.15) is 0 Å². The zero-order valence-corrected chi connectivity index (χ0v) is 14.9. The quantitative estimate of drug-likeness (QED) is 0.622. The van der Waals surface area contributed by atoms with Crippen molar-refractivity contribution in [2.75, 3.05) is 13.1 Å². The molecule has 9 heteroatoms. The van der Waals surface area contributed by atoms with Crippen LogP contribution in [0.25, 0.3) is 0 Å². The lowest BCUT2D eigenvalue weighted by Crippen LogP contribution is -2.46. The molecule has 0 aromatic heterocycles. The molecule has 1 fully saturated rings. The minimum Gasteiger partial charge on any atom is -0.410 e. The Hall–Kier alpha value is -3.07. The van der Waals surface area contributed by atoms with Gasteiger partial charge in [-0.3, -0.25) is 10.1 Å². The Bertz CT molecular complexity index is 855. The average molecular weight is 391 g/mol. The summed E-state index contributed by atoms with van der Waals surface area (Å²) in [5.74, 6) is -1.28. The van der Waals surface area contributed by atoms with Crippen molar-refractivity contribution in [3.63, 3.8) is 0 Å². The molecule has 148 valence electrons. The van der Waals surface area contributed by atoms with E-state index in [1.807, 2.05) is 0 Å². The van der Waals surface area contributed by atoms with E-state index < -0.39 is 22.7 Å². The van der Waals surface area contributed by atoms with Crippen molar-refractivity contribution < 1.29 is 23.2 Å². The Morgan fingerprint density at radius 2 is 1.86 bits per heavy atom. The van der Waals surface area contributed by atoms with Crippen LogP contribution in [0.3, 0.4) is 0 Å². The van der Waals surface area contributed by atoms with E-state index in [0.29, 0.717) is 25.9 Å². The molecule has 0 atom stereocenters. The highest BCUT2D eigenvalue weighted by atomic mass is 19.1. The van der Waals surface area contributed by atoms with Gasteiger partial charge in [0, 0.05) is 29.8 Å². The monoisotopic (exact) mass is 391 g/mol. The normalized spacial score (nSPS) is 14.5. The van der Waals surface area contributed by atoms with Crippen LogP contribution in [0, 0.1) is 21.7 Å². The van der Waals surface area contributed by atoms with Crippen molar-refractivity contribution in [1.82, 2.24) is 10.2 Å². The molecule has 0 saturated carbocycles. The van der Waals surface area contributed by atoms with E-state index >= 15 is 0 Å². The van der Waals surface area contributed by atoms with Gasteiger partial charge in [0.1, 0.15) is 17.4 Å². The number of nitro benzene ring substituents is 1. The second-order valence-electron chi connectivity index (χ2n) is 6.46. The molecule has 1 heterocycles. The molecule has 28 heavy (non-hydrogen) atoms. The number of hydrogen-bond acceptors (Lipinski definition) is 5. The molecule has 2 aromatic carbocycles. The Kier molecular flexibility index (Phi) is 6.15. The first kappa shape index (κ1) is 19.7. The van der Waals surface area contributed by atoms with E-state index in [9.17, 15) is 23.7 Å². The number of carbonyl (C=O) groups excluding carboxylic acids is 1. The van der Waals surface area contributed by atoms with Crippen LogP contribution in [0.4, 0.5) is 19.3 Å². The molecule has 1 amide bonds. The largest absolute Gasteiger partial charge is 0.415 e. The molecule has 0 bridgehead atoms. The highest BCUT2D eigenvalue weighted by Crippen LogP contribution is 2.22. The molecule has 0 unspecified atom stereocenters. The number of carbonyl (C=O) groups is 1. The molecule has 1 aliphatic heterocycles. The molecule has 7 nitrogen and oxygen atoms in total. The Balaban J connectivity index is 1.78. The van der Waals surface area contributed by atoms with Gasteiger partial charge < -0.3 is 15.0 Å². The molecule has 2 aromatic rings. The van der Waals surface area contributed by atoms with Gasteiger partial charge in [0.2, 0.25) is 0 Å². The smallest absolute Gasteiger partial charge is 0.410 e. The summed E-state index contributed by atoms with van der Waals surface area (Å²) in [4.78, 5) is 24.4. The third-order valence-corrected chi connectivity index (χ3v) is 4.59. The molecule has 0 radical (unpaired) electrons. The third-order valence-electron chi connectivity index (χ3n) is 4.59. The van der Waals surface area contributed by atoms with Gasteiger partial charge in [-0.15, -0.1) is 0 Å². The molecule has 3 rings (SSSR count). The van der Waals surface area contributed by atoms with E-state index in [0.717, 1.165) is 12.1 Å². The van der Waals surface area contributed by atoms with Crippen molar-refractivity contribution in [3.05, 3.63) is 69.8 Å². The van der Waals surface area contributed by atoms with Gasteiger partial charge in [0.25, 0.3) is 5.69 Å². The van der Waals surface area contributed by atoms with E-state index in [2.05, 4.69) is 5.32 Å². The molecule has 0 aliphatic carbocycles. The maximum atomic E-state index is 14.1. The number of benzene rings is 2. The molecule has 0 spiro atoms. The summed E-state index contributed by atoms with van der Waals surface area (Å²) in [6.45, 7) is 1.35. The topological polar surface area (TPSA) is 84.7 Å². The second-order valence-corrected chi connectivity index (χ2v) is 6.46. The molecular weight excluding hydrogens is 372 g/mol. The first-order valence-corrected chi connectivity index (χ1v) is 8.81. The SMILES string of the molecule is O=C(Oc1ccc([N+](=O)[O-])cc1)N(Cc1ccc(F)cc1F)C1CCNCC1. The lowest BCUT2D eigenvalue weighted by molar-refractivity contribution is -0.384. The maximum Gasteiger partial charge on any atom is 0.415 e. The van der Waals surface area contributed by atoms with Gasteiger partial charge in [0.15, 0.2) is 0 Å². The zero-order chi connectivity index (χ0) is 20.1. The zero-order valence-electron chi connectivity index (χ0n) is 14.9. The van der Waals surface area contributed by atoms with Gasteiger partial charge in [-0.1, -0.05) is 6.07 Å². The van der Waals surface area contributed by atoms with Crippen LogP contribution in [-0.4, -0.2) is 35.0 Å². The number of nitro groups is 1. The van der Waals surface area contributed by atoms with Gasteiger partial charge in [0.05, 0.1) is 11.5 Å². The van der Waals surface area contributed by atoms with E-state index in [1.165, 1.54) is 35.2 Å². The van der Waals surface area contributed by atoms with Crippen LogP contribution in [0.5, 0.6) is 5.75 Å². The first-order valence-electron chi connectivity index (χ1n) is 8.81. The number of hydrogen-bond donors (Lipinski definition) is 1. The number of halogens is 2.